The van der Waals surface area contributed by atoms with Gasteiger partial charge >= 0.3 is 13.1 Å². The normalized spacial score (nSPS) is 15.7. The van der Waals surface area contributed by atoms with Crippen molar-refractivity contribution in [3.05, 3.63) is 70.3 Å². The standard InChI is InChI=1S/C17H18FN3O3.C6H7BO2/c18-13-7-11-14(8-15(13)20-5-3-19-4-6-20)21(10-1-2-10)9-12(16(11)22)17(23)24;8-7(9)6-4-2-1-3-5-6/h7-10,19H,1-6H2,(H,23,24);1-5,8-9H. The highest BCUT2D eigenvalue weighted by atomic mass is 19.1. The van der Waals surface area contributed by atoms with E-state index in [1.807, 2.05) is 15.5 Å². The molecule has 0 radical (unpaired) electrons. The van der Waals surface area contributed by atoms with Gasteiger partial charge in [0.2, 0.25) is 5.43 Å². The second-order valence-electron chi connectivity index (χ2n) is 8.16. The van der Waals surface area contributed by atoms with Crippen LogP contribution in [0.15, 0.2) is 53.5 Å². The third-order valence-corrected chi connectivity index (χ3v) is 5.83. The molecule has 2 aliphatic rings. The molecule has 2 aromatic carbocycles. The lowest BCUT2D eigenvalue weighted by Crippen LogP contribution is -2.43. The second kappa shape index (κ2) is 9.74. The molecule has 0 spiro atoms. The summed E-state index contributed by atoms with van der Waals surface area (Å²) in [5, 5.41) is 29.8. The molecule has 0 atom stereocenters. The van der Waals surface area contributed by atoms with E-state index in [0.29, 0.717) is 29.8 Å². The number of halogens is 1. The number of pyridine rings is 1. The summed E-state index contributed by atoms with van der Waals surface area (Å²) < 4.78 is 16.4. The summed E-state index contributed by atoms with van der Waals surface area (Å²) in [6.45, 7) is 2.96. The predicted molar refractivity (Wildman–Crippen MR) is 125 cm³/mol. The molecule has 0 bridgehead atoms. The second-order valence-corrected chi connectivity index (χ2v) is 8.16. The molecule has 1 saturated heterocycles. The predicted octanol–water partition coefficient (Wildman–Crippen LogP) is 0.950. The average molecular weight is 453 g/mol. The third-order valence-electron chi connectivity index (χ3n) is 5.83. The highest BCUT2D eigenvalue weighted by Crippen LogP contribution is 2.38. The molecule has 1 aliphatic carbocycles. The van der Waals surface area contributed by atoms with Gasteiger partial charge in [0, 0.05) is 43.8 Å². The highest BCUT2D eigenvalue weighted by Gasteiger charge is 2.28. The number of nitrogens with zero attached hydrogens (tertiary/aromatic N) is 2. The van der Waals surface area contributed by atoms with Crippen molar-refractivity contribution < 1.29 is 24.3 Å². The van der Waals surface area contributed by atoms with Crippen LogP contribution < -0.4 is 21.1 Å². The van der Waals surface area contributed by atoms with Gasteiger partial charge in [-0.1, -0.05) is 30.3 Å². The molecule has 0 unspecified atom stereocenters. The molecule has 2 fully saturated rings. The topological polar surface area (TPSA) is 115 Å². The van der Waals surface area contributed by atoms with Gasteiger partial charge in [0.25, 0.3) is 0 Å². The summed E-state index contributed by atoms with van der Waals surface area (Å²) in [5.41, 5.74) is 0.685. The van der Waals surface area contributed by atoms with Gasteiger partial charge in [0.05, 0.1) is 11.2 Å². The number of fused-ring (bicyclic) bond motifs is 1. The molecule has 1 aliphatic heterocycles. The van der Waals surface area contributed by atoms with Crippen molar-refractivity contribution in [2.24, 2.45) is 0 Å². The lowest BCUT2D eigenvalue weighted by Gasteiger charge is -2.30. The number of benzene rings is 2. The maximum absolute atomic E-state index is 14.6. The van der Waals surface area contributed by atoms with Crippen molar-refractivity contribution in [3.8, 4) is 0 Å². The fourth-order valence-electron chi connectivity index (χ4n) is 3.94. The number of carbonyl (C=O) groups is 1. The van der Waals surface area contributed by atoms with Crippen LogP contribution in [0.2, 0.25) is 0 Å². The number of piperazine rings is 1. The van der Waals surface area contributed by atoms with E-state index in [9.17, 15) is 19.1 Å². The minimum absolute atomic E-state index is 0.137. The fourth-order valence-corrected chi connectivity index (χ4v) is 3.94. The third kappa shape index (κ3) is 5.08. The zero-order valence-electron chi connectivity index (χ0n) is 17.9. The van der Waals surface area contributed by atoms with Crippen LogP contribution in [-0.2, 0) is 0 Å². The maximum Gasteiger partial charge on any atom is 0.488 e. The Morgan fingerprint density at radius 3 is 2.30 bits per heavy atom. The van der Waals surface area contributed by atoms with E-state index in [1.54, 1.807) is 30.3 Å². The summed E-state index contributed by atoms with van der Waals surface area (Å²) >= 11 is 0. The van der Waals surface area contributed by atoms with Gasteiger partial charge in [-0.2, -0.15) is 0 Å². The molecule has 8 nitrogen and oxygen atoms in total. The molecule has 1 aromatic heterocycles. The highest BCUT2D eigenvalue weighted by molar-refractivity contribution is 6.58. The lowest BCUT2D eigenvalue weighted by atomic mass is 9.81. The van der Waals surface area contributed by atoms with Crippen molar-refractivity contribution in [2.75, 3.05) is 31.1 Å². The van der Waals surface area contributed by atoms with E-state index in [4.69, 9.17) is 10.0 Å². The maximum atomic E-state index is 14.6. The van der Waals surface area contributed by atoms with Crippen LogP contribution >= 0.6 is 0 Å². The Hall–Kier alpha value is -3.21. The Kier molecular flexibility index (Phi) is 6.78. The number of anilines is 1. The Balaban J connectivity index is 0.000000243. The van der Waals surface area contributed by atoms with Crippen molar-refractivity contribution in [3.63, 3.8) is 0 Å². The first-order chi connectivity index (χ1) is 15.9. The molecular formula is C23H25BFN3O5. The van der Waals surface area contributed by atoms with Crippen LogP contribution in [0.4, 0.5) is 10.1 Å². The van der Waals surface area contributed by atoms with Gasteiger partial charge in [-0.3, -0.25) is 4.79 Å². The summed E-state index contributed by atoms with van der Waals surface area (Å²) in [6.07, 6.45) is 3.29. The van der Waals surface area contributed by atoms with Gasteiger partial charge in [-0.15, -0.1) is 0 Å². The minimum Gasteiger partial charge on any atom is -0.477 e. The molecule has 172 valence electrons. The van der Waals surface area contributed by atoms with E-state index < -0.39 is 24.3 Å². The monoisotopic (exact) mass is 453 g/mol. The molecule has 5 rings (SSSR count). The van der Waals surface area contributed by atoms with Gasteiger partial charge in [0.1, 0.15) is 11.4 Å². The quantitative estimate of drug-likeness (QED) is 0.435. The van der Waals surface area contributed by atoms with E-state index >= 15 is 0 Å². The van der Waals surface area contributed by atoms with Gasteiger partial charge in [-0.25, -0.2) is 9.18 Å². The van der Waals surface area contributed by atoms with Crippen LogP contribution in [-0.4, -0.2) is 59.0 Å². The zero-order chi connectivity index (χ0) is 23.5. The largest absolute Gasteiger partial charge is 0.488 e. The molecule has 1 saturated carbocycles. The van der Waals surface area contributed by atoms with Crippen LogP contribution in [0, 0.1) is 5.82 Å². The smallest absolute Gasteiger partial charge is 0.477 e. The number of rotatable bonds is 4. The first-order valence-electron chi connectivity index (χ1n) is 10.8. The minimum atomic E-state index is -1.34. The molecule has 10 heteroatoms. The van der Waals surface area contributed by atoms with Crippen molar-refractivity contribution in [2.45, 2.75) is 18.9 Å². The molecule has 2 heterocycles. The van der Waals surface area contributed by atoms with Gasteiger partial charge in [-0.05, 0) is 30.4 Å². The van der Waals surface area contributed by atoms with Crippen LogP contribution in [0.1, 0.15) is 29.2 Å². The van der Waals surface area contributed by atoms with Crippen LogP contribution in [0.5, 0.6) is 0 Å². The number of hydrogen-bond donors (Lipinski definition) is 4. The number of aromatic carboxylic acids is 1. The summed E-state index contributed by atoms with van der Waals surface area (Å²) in [6, 6.07) is 11.7. The number of nitrogens with one attached hydrogen (secondary N) is 1. The Morgan fingerprint density at radius 1 is 1.09 bits per heavy atom. The van der Waals surface area contributed by atoms with Gasteiger partial charge < -0.3 is 29.9 Å². The number of aromatic nitrogens is 1. The Bertz CT molecular complexity index is 1210. The fraction of sp³-hybridized carbons (Fsp3) is 0.304. The first kappa shape index (κ1) is 23.0. The van der Waals surface area contributed by atoms with Crippen LogP contribution in [0.25, 0.3) is 10.9 Å². The van der Waals surface area contributed by atoms with Crippen molar-refractivity contribution in [1.82, 2.24) is 9.88 Å². The molecular weight excluding hydrogens is 428 g/mol. The van der Waals surface area contributed by atoms with Crippen LogP contribution in [0.3, 0.4) is 0 Å². The van der Waals surface area contributed by atoms with E-state index in [0.717, 1.165) is 25.9 Å². The molecule has 3 aromatic rings. The van der Waals surface area contributed by atoms with Crippen molar-refractivity contribution >= 4 is 35.1 Å². The van der Waals surface area contributed by atoms with Crippen molar-refractivity contribution in [1.29, 1.82) is 0 Å². The lowest BCUT2D eigenvalue weighted by molar-refractivity contribution is 0.0695. The zero-order valence-corrected chi connectivity index (χ0v) is 17.9. The Morgan fingerprint density at radius 2 is 1.76 bits per heavy atom. The Labute approximate surface area is 190 Å². The number of carboxylic acids is 1. The number of hydrogen-bond acceptors (Lipinski definition) is 6. The summed E-state index contributed by atoms with van der Waals surface area (Å²) in [5.74, 6) is -1.76. The summed E-state index contributed by atoms with van der Waals surface area (Å²) in [4.78, 5) is 25.7. The van der Waals surface area contributed by atoms with E-state index in [-0.39, 0.29) is 17.0 Å². The SMILES string of the molecule is O=C(O)c1cn(C2CC2)c2cc(N3CCNCC3)c(F)cc2c1=O.OB(O)c1ccccc1. The molecule has 33 heavy (non-hydrogen) atoms. The number of carboxylic acid groups (broad SMARTS) is 1. The molecule has 4 N–H and O–H groups in total. The van der Waals surface area contributed by atoms with Gasteiger partial charge in [0.15, 0.2) is 0 Å². The van der Waals surface area contributed by atoms with E-state index in [2.05, 4.69) is 5.32 Å². The molecule has 0 amide bonds. The first-order valence-corrected chi connectivity index (χ1v) is 10.8. The van der Waals surface area contributed by atoms with E-state index in [1.165, 1.54) is 12.3 Å². The average Bonchev–Trinajstić information content (AvgIpc) is 3.66. The summed E-state index contributed by atoms with van der Waals surface area (Å²) in [7, 11) is -1.34.